The number of hydrogen-bond acceptors (Lipinski definition) is 4. The Kier molecular flexibility index (Phi) is 7.86. The van der Waals surface area contributed by atoms with Gasteiger partial charge < -0.3 is 10.2 Å². The number of benzene rings is 1. The molecule has 1 aromatic rings. The van der Waals surface area contributed by atoms with Gasteiger partial charge in [0.1, 0.15) is 0 Å². The molecule has 1 aromatic carbocycles. The molecule has 156 valence electrons. The Hall–Kier alpha value is -1.64. The van der Waals surface area contributed by atoms with Crippen molar-refractivity contribution in [3.8, 4) is 0 Å². The summed E-state index contributed by atoms with van der Waals surface area (Å²) in [6, 6.07) is 6.01. The summed E-state index contributed by atoms with van der Waals surface area (Å²) < 4.78 is 27.1. The highest BCUT2D eigenvalue weighted by molar-refractivity contribution is 7.89. The Bertz CT molecular complexity index is 796. The standard InChI is InChI=1S/C19H28ClN3O4S/c1-4-22(13-18(24)21-14(2)3)19(25)15-6-5-11-23(12-15)28(26,27)17-9-7-16(20)8-10-17/h7-10,14-15H,4-6,11-13H2,1-3H3,(H,21,24). The molecule has 1 aliphatic rings. The number of nitrogens with one attached hydrogen (secondary N) is 1. The zero-order valence-corrected chi connectivity index (χ0v) is 18.1. The second kappa shape index (κ2) is 9.71. The number of rotatable bonds is 7. The van der Waals surface area contributed by atoms with Crippen LogP contribution >= 0.6 is 11.6 Å². The number of sulfonamides is 1. The molecule has 2 rings (SSSR count). The van der Waals surface area contributed by atoms with Gasteiger partial charge in [-0.3, -0.25) is 9.59 Å². The van der Waals surface area contributed by atoms with Gasteiger partial charge in [0, 0.05) is 30.7 Å². The number of halogens is 1. The normalized spacial score (nSPS) is 18.1. The van der Waals surface area contributed by atoms with E-state index < -0.39 is 15.9 Å². The van der Waals surface area contributed by atoms with Crippen LogP contribution < -0.4 is 5.32 Å². The van der Waals surface area contributed by atoms with E-state index in [1.165, 1.54) is 33.5 Å². The molecular formula is C19H28ClN3O4S. The molecule has 0 aliphatic carbocycles. The molecule has 1 saturated heterocycles. The molecule has 7 nitrogen and oxygen atoms in total. The lowest BCUT2D eigenvalue weighted by Gasteiger charge is -2.34. The molecule has 1 unspecified atom stereocenters. The van der Waals surface area contributed by atoms with E-state index in [0.29, 0.717) is 31.0 Å². The third-order valence-corrected chi connectivity index (χ3v) is 6.79. The monoisotopic (exact) mass is 429 g/mol. The molecule has 1 N–H and O–H groups in total. The largest absolute Gasteiger partial charge is 0.352 e. The molecule has 0 saturated carbocycles. The van der Waals surface area contributed by atoms with Gasteiger partial charge in [-0.15, -0.1) is 0 Å². The van der Waals surface area contributed by atoms with Gasteiger partial charge in [-0.2, -0.15) is 4.31 Å². The van der Waals surface area contributed by atoms with Gasteiger partial charge in [0.2, 0.25) is 21.8 Å². The number of carbonyl (C=O) groups is 2. The molecule has 0 spiro atoms. The number of likely N-dealkylation sites (N-methyl/N-ethyl adjacent to an activating group) is 1. The van der Waals surface area contributed by atoms with Gasteiger partial charge in [-0.05, 0) is 57.9 Å². The lowest BCUT2D eigenvalue weighted by Crippen LogP contribution is -2.49. The van der Waals surface area contributed by atoms with Crippen LogP contribution in [0.15, 0.2) is 29.2 Å². The zero-order chi connectivity index (χ0) is 20.9. The molecule has 9 heteroatoms. The summed E-state index contributed by atoms with van der Waals surface area (Å²) in [5.74, 6) is -0.855. The second-order valence-corrected chi connectivity index (χ2v) is 9.61. The lowest BCUT2D eigenvalue weighted by atomic mass is 9.98. The van der Waals surface area contributed by atoms with Gasteiger partial charge in [0.05, 0.1) is 17.4 Å². The van der Waals surface area contributed by atoms with Crippen molar-refractivity contribution in [3.05, 3.63) is 29.3 Å². The molecule has 0 aromatic heterocycles. The highest BCUT2D eigenvalue weighted by Gasteiger charge is 2.35. The molecule has 1 atom stereocenters. The molecule has 28 heavy (non-hydrogen) atoms. The van der Waals surface area contributed by atoms with E-state index in [1.54, 1.807) is 0 Å². The van der Waals surface area contributed by atoms with E-state index in [1.807, 2.05) is 20.8 Å². The molecule has 1 aliphatic heterocycles. The van der Waals surface area contributed by atoms with Crippen LogP contribution in [0.4, 0.5) is 0 Å². The van der Waals surface area contributed by atoms with Crippen molar-refractivity contribution in [1.82, 2.24) is 14.5 Å². The number of hydrogen-bond donors (Lipinski definition) is 1. The zero-order valence-electron chi connectivity index (χ0n) is 16.5. The fourth-order valence-corrected chi connectivity index (χ4v) is 4.91. The van der Waals surface area contributed by atoms with Crippen LogP contribution in [0.3, 0.4) is 0 Å². The maximum absolute atomic E-state index is 12.9. The molecule has 1 fully saturated rings. The summed E-state index contributed by atoms with van der Waals surface area (Å²) in [5.41, 5.74) is 0. The quantitative estimate of drug-likeness (QED) is 0.719. The lowest BCUT2D eigenvalue weighted by molar-refractivity contribution is -0.140. The number of piperidine rings is 1. The number of amides is 2. The Morgan fingerprint density at radius 3 is 2.50 bits per heavy atom. The smallest absolute Gasteiger partial charge is 0.243 e. The third-order valence-electron chi connectivity index (χ3n) is 4.66. The van der Waals surface area contributed by atoms with E-state index in [-0.39, 0.29) is 35.8 Å². The first-order valence-corrected chi connectivity index (χ1v) is 11.3. The second-order valence-electron chi connectivity index (χ2n) is 7.23. The molecule has 2 amide bonds. The first-order valence-electron chi connectivity index (χ1n) is 9.49. The summed E-state index contributed by atoms with van der Waals surface area (Å²) >= 11 is 5.84. The van der Waals surface area contributed by atoms with Crippen molar-refractivity contribution in [2.75, 3.05) is 26.2 Å². The van der Waals surface area contributed by atoms with Crippen LogP contribution in [0, 0.1) is 5.92 Å². The van der Waals surface area contributed by atoms with Crippen molar-refractivity contribution >= 4 is 33.4 Å². The number of carbonyl (C=O) groups excluding carboxylic acids is 2. The van der Waals surface area contributed by atoms with Crippen molar-refractivity contribution in [1.29, 1.82) is 0 Å². The third kappa shape index (κ3) is 5.68. The maximum Gasteiger partial charge on any atom is 0.243 e. The maximum atomic E-state index is 12.9. The summed E-state index contributed by atoms with van der Waals surface area (Å²) in [5, 5.41) is 3.24. The summed E-state index contributed by atoms with van der Waals surface area (Å²) in [7, 11) is -3.69. The van der Waals surface area contributed by atoms with Gasteiger partial charge >= 0.3 is 0 Å². The average Bonchev–Trinajstić information content (AvgIpc) is 2.65. The predicted molar refractivity (Wildman–Crippen MR) is 108 cm³/mol. The fourth-order valence-electron chi connectivity index (χ4n) is 3.26. The Labute approximate surface area is 172 Å². The van der Waals surface area contributed by atoms with E-state index in [4.69, 9.17) is 11.6 Å². The molecular weight excluding hydrogens is 402 g/mol. The van der Waals surface area contributed by atoms with E-state index in [2.05, 4.69) is 5.32 Å². The predicted octanol–water partition coefficient (Wildman–Crippen LogP) is 2.11. The molecule has 1 heterocycles. The van der Waals surface area contributed by atoms with Gasteiger partial charge in [-0.25, -0.2) is 8.42 Å². The fraction of sp³-hybridized carbons (Fsp3) is 0.579. The highest BCUT2D eigenvalue weighted by atomic mass is 35.5. The van der Waals surface area contributed by atoms with E-state index in [9.17, 15) is 18.0 Å². The Morgan fingerprint density at radius 1 is 1.29 bits per heavy atom. The minimum Gasteiger partial charge on any atom is -0.352 e. The van der Waals surface area contributed by atoms with Crippen LogP contribution in [0.25, 0.3) is 0 Å². The van der Waals surface area contributed by atoms with Crippen molar-refractivity contribution in [3.63, 3.8) is 0 Å². The summed E-state index contributed by atoms with van der Waals surface area (Å²) in [6.45, 7) is 6.39. The van der Waals surface area contributed by atoms with Crippen LogP contribution in [0.1, 0.15) is 33.6 Å². The van der Waals surface area contributed by atoms with E-state index >= 15 is 0 Å². The minimum atomic E-state index is -3.69. The minimum absolute atomic E-state index is 0.00370. The van der Waals surface area contributed by atoms with Crippen molar-refractivity contribution in [2.45, 2.75) is 44.6 Å². The average molecular weight is 430 g/mol. The highest BCUT2D eigenvalue weighted by Crippen LogP contribution is 2.25. The Balaban J connectivity index is 2.09. The van der Waals surface area contributed by atoms with Gasteiger partial charge in [0.15, 0.2) is 0 Å². The van der Waals surface area contributed by atoms with E-state index in [0.717, 1.165) is 0 Å². The van der Waals surface area contributed by atoms with Gasteiger partial charge in [-0.1, -0.05) is 11.6 Å². The first kappa shape index (κ1) is 22.6. The van der Waals surface area contributed by atoms with Crippen molar-refractivity contribution < 1.29 is 18.0 Å². The first-order chi connectivity index (χ1) is 13.1. The summed E-state index contributed by atoms with van der Waals surface area (Å²) in [6.07, 6.45) is 1.20. The number of nitrogens with zero attached hydrogens (tertiary/aromatic N) is 2. The van der Waals surface area contributed by atoms with Crippen molar-refractivity contribution in [2.24, 2.45) is 5.92 Å². The SMILES string of the molecule is CCN(CC(=O)NC(C)C)C(=O)C1CCCN(S(=O)(=O)c2ccc(Cl)cc2)C1. The van der Waals surface area contributed by atoms with Crippen LogP contribution in [0.2, 0.25) is 5.02 Å². The topological polar surface area (TPSA) is 86.8 Å². The molecule has 0 bridgehead atoms. The van der Waals surface area contributed by atoms with Crippen LogP contribution in [-0.2, 0) is 19.6 Å². The summed E-state index contributed by atoms with van der Waals surface area (Å²) in [4.78, 5) is 26.6. The van der Waals surface area contributed by atoms with Crippen LogP contribution in [0.5, 0.6) is 0 Å². The van der Waals surface area contributed by atoms with Crippen LogP contribution in [-0.4, -0.2) is 61.7 Å². The molecule has 0 radical (unpaired) electrons. The van der Waals surface area contributed by atoms with Gasteiger partial charge in [0.25, 0.3) is 0 Å². The Morgan fingerprint density at radius 2 is 1.93 bits per heavy atom.